The van der Waals surface area contributed by atoms with E-state index in [0.29, 0.717) is 53.1 Å². The number of aliphatic hydroxyl groups is 1. The van der Waals surface area contributed by atoms with Gasteiger partial charge >= 0.3 is 0 Å². The number of aromatic nitrogens is 1. The molecule has 1 aliphatic rings. The number of hydrogen-bond donors (Lipinski definition) is 2. The van der Waals surface area contributed by atoms with E-state index >= 15 is 0 Å². The van der Waals surface area contributed by atoms with Gasteiger partial charge in [0.2, 0.25) is 0 Å². The van der Waals surface area contributed by atoms with E-state index in [1.165, 1.54) is 18.2 Å². The van der Waals surface area contributed by atoms with Crippen LogP contribution in [0.3, 0.4) is 0 Å². The summed E-state index contributed by atoms with van der Waals surface area (Å²) in [6, 6.07) is 13.4. The number of halogens is 3. The van der Waals surface area contributed by atoms with Gasteiger partial charge in [-0.05, 0) is 68.1 Å². The van der Waals surface area contributed by atoms with Gasteiger partial charge in [-0.1, -0.05) is 46.9 Å². The van der Waals surface area contributed by atoms with Crippen LogP contribution in [0, 0.1) is 25.2 Å². The summed E-state index contributed by atoms with van der Waals surface area (Å²) in [4.78, 5) is 6.41. The minimum Gasteiger partial charge on any atom is -0.385 e. The SMILES string of the molecule is Cc1nc(N2CCC(O)(c3ccc(Cl)cc3)CC2)c(C#N)c(C)c1NS(=O)(=O)c1ccc(Cl)cc1Cl. The van der Waals surface area contributed by atoms with Gasteiger partial charge in [0.1, 0.15) is 16.8 Å². The van der Waals surface area contributed by atoms with Crippen molar-refractivity contribution < 1.29 is 13.5 Å². The second kappa shape index (κ2) is 10.1. The van der Waals surface area contributed by atoms with Crippen LogP contribution in [0.2, 0.25) is 15.1 Å². The third-order valence-electron chi connectivity index (χ3n) is 6.41. The molecule has 0 amide bonds. The zero-order chi connectivity index (χ0) is 26.3. The number of piperidine rings is 1. The van der Waals surface area contributed by atoms with Crippen LogP contribution >= 0.6 is 34.8 Å². The molecule has 1 aromatic heterocycles. The Labute approximate surface area is 225 Å². The first-order valence-corrected chi connectivity index (χ1v) is 13.7. The number of rotatable bonds is 5. The topological polar surface area (TPSA) is 106 Å². The van der Waals surface area contributed by atoms with Crippen molar-refractivity contribution in [2.75, 3.05) is 22.7 Å². The van der Waals surface area contributed by atoms with Crippen molar-refractivity contribution >= 4 is 56.3 Å². The predicted molar refractivity (Wildman–Crippen MR) is 142 cm³/mol. The zero-order valence-corrected chi connectivity index (χ0v) is 22.6. The lowest BCUT2D eigenvalue weighted by atomic mass is 9.84. The van der Waals surface area contributed by atoms with Crippen molar-refractivity contribution in [3.8, 4) is 6.07 Å². The van der Waals surface area contributed by atoms with Gasteiger partial charge in [-0.15, -0.1) is 0 Å². The Morgan fingerprint density at radius 1 is 1.06 bits per heavy atom. The van der Waals surface area contributed by atoms with Crippen LogP contribution in [0.4, 0.5) is 11.5 Å². The van der Waals surface area contributed by atoms with Crippen molar-refractivity contribution in [2.24, 2.45) is 0 Å². The molecule has 2 heterocycles. The fourth-order valence-electron chi connectivity index (χ4n) is 4.37. The number of sulfonamides is 1. The number of aryl methyl sites for hydroxylation is 1. The van der Waals surface area contributed by atoms with Gasteiger partial charge in [-0.2, -0.15) is 5.26 Å². The average molecular weight is 566 g/mol. The second-order valence-electron chi connectivity index (χ2n) is 8.71. The van der Waals surface area contributed by atoms with Gasteiger partial charge in [0, 0.05) is 23.1 Å². The fraction of sp³-hybridized carbons (Fsp3) is 0.280. The summed E-state index contributed by atoms with van der Waals surface area (Å²) in [7, 11) is -4.06. The normalized spacial score (nSPS) is 15.4. The summed E-state index contributed by atoms with van der Waals surface area (Å²) in [6.07, 6.45) is 0.867. The van der Waals surface area contributed by atoms with Crippen LogP contribution in [0.15, 0.2) is 47.4 Å². The number of nitrogens with one attached hydrogen (secondary N) is 1. The Hall–Kier alpha value is -2.54. The molecule has 0 aliphatic carbocycles. The van der Waals surface area contributed by atoms with Crippen LogP contribution < -0.4 is 9.62 Å². The molecule has 0 saturated carbocycles. The molecule has 1 aliphatic heterocycles. The smallest absolute Gasteiger partial charge is 0.263 e. The molecule has 0 bridgehead atoms. The van der Waals surface area contributed by atoms with Gasteiger partial charge < -0.3 is 10.0 Å². The van der Waals surface area contributed by atoms with Gasteiger partial charge in [-0.3, -0.25) is 4.72 Å². The Morgan fingerprint density at radius 2 is 1.67 bits per heavy atom. The third kappa shape index (κ3) is 5.13. The maximum absolute atomic E-state index is 13.1. The standard InChI is InChI=1S/C25H23Cl3N4O3S/c1-15-20(14-29)24(32-11-9-25(33,10-12-32)17-3-5-18(26)6-4-17)30-16(2)23(15)31-36(34,35)22-8-7-19(27)13-21(22)28/h3-8,13,31,33H,9-12H2,1-2H3. The van der Waals surface area contributed by atoms with E-state index in [4.69, 9.17) is 34.8 Å². The molecule has 1 fully saturated rings. The minimum absolute atomic E-state index is 0.0168. The van der Waals surface area contributed by atoms with E-state index in [2.05, 4.69) is 15.8 Å². The Bertz CT molecular complexity index is 1460. The van der Waals surface area contributed by atoms with Crippen LogP contribution in [0.25, 0.3) is 0 Å². The monoisotopic (exact) mass is 564 g/mol. The summed E-state index contributed by atoms with van der Waals surface area (Å²) in [5.41, 5.74) is 1.12. The van der Waals surface area contributed by atoms with E-state index in [1.54, 1.807) is 26.0 Å². The van der Waals surface area contributed by atoms with Gasteiger partial charge in [0.05, 0.1) is 27.6 Å². The van der Waals surface area contributed by atoms with Gasteiger partial charge in [0.15, 0.2) is 0 Å². The Kier molecular flexibility index (Phi) is 7.42. The van der Waals surface area contributed by atoms with Gasteiger partial charge in [0.25, 0.3) is 10.0 Å². The Morgan fingerprint density at radius 3 is 2.25 bits per heavy atom. The molecule has 188 valence electrons. The fourth-order valence-corrected chi connectivity index (χ4v) is 6.45. The molecule has 0 radical (unpaired) electrons. The summed E-state index contributed by atoms with van der Waals surface area (Å²) in [6.45, 7) is 4.27. The molecule has 4 rings (SSSR count). The lowest BCUT2D eigenvalue weighted by molar-refractivity contribution is 0.0116. The molecular weight excluding hydrogens is 543 g/mol. The molecule has 2 aromatic carbocycles. The van der Waals surface area contributed by atoms with Crippen LogP contribution in [0.1, 0.15) is 35.2 Å². The maximum Gasteiger partial charge on any atom is 0.263 e. The number of anilines is 2. The quantitative estimate of drug-likeness (QED) is 0.404. The maximum atomic E-state index is 13.1. The number of nitrogens with zero attached hydrogens (tertiary/aromatic N) is 3. The van der Waals surface area contributed by atoms with Gasteiger partial charge in [-0.25, -0.2) is 13.4 Å². The van der Waals surface area contributed by atoms with E-state index in [9.17, 15) is 18.8 Å². The lowest BCUT2D eigenvalue weighted by Crippen LogP contribution is -2.43. The van der Waals surface area contributed by atoms with E-state index in [0.717, 1.165) is 5.56 Å². The summed E-state index contributed by atoms with van der Waals surface area (Å²) in [5.74, 6) is 0.457. The number of nitriles is 1. The molecule has 3 aromatic rings. The molecule has 36 heavy (non-hydrogen) atoms. The molecule has 0 unspecified atom stereocenters. The first-order valence-electron chi connectivity index (χ1n) is 11.1. The van der Waals surface area contributed by atoms with Crippen LogP contribution in [-0.4, -0.2) is 31.6 Å². The van der Waals surface area contributed by atoms with Crippen molar-refractivity contribution in [3.05, 3.63) is 79.9 Å². The summed E-state index contributed by atoms with van der Waals surface area (Å²) < 4.78 is 28.6. The number of pyridine rings is 1. The van der Waals surface area contributed by atoms with Crippen molar-refractivity contribution in [3.63, 3.8) is 0 Å². The highest BCUT2D eigenvalue weighted by Gasteiger charge is 2.35. The Balaban J connectivity index is 1.62. The van der Waals surface area contributed by atoms with Crippen LogP contribution in [-0.2, 0) is 15.6 Å². The van der Waals surface area contributed by atoms with Crippen molar-refractivity contribution in [1.29, 1.82) is 5.26 Å². The molecule has 11 heteroatoms. The summed E-state index contributed by atoms with van der Waals surface area (Å²) in [5, 5.41) is 22.0. The molecule has 0 spiro atoms. The van der Waals surface area contributed by atoms with E-state index in [-0.39, 0.29) is 21.2 Å². The predicted octanol–water partition coefficient (Wildman–Crippen LogP) is 5.82. The summed E-state index contributed by atoms with van der Waals surface area (Å²) >= 11 is 18.0. The number of hydrogen-bond acceptors (Lipinski definition) is 6. The highest BCUT2D eigenvalue weighted by molar-refractivity contribution is 7.92. The van der Waals surface area contributed by atoms with E-state index < -0.39 is 15.6 Å². The van der Waals surface area contributed by atoms with Crippen LogP contribution in [0.5, 0.6) is 0 Å². The highest BCUT2D eigenvalue weighted by Crippen LogP contribution is 2.38. The average Bonchev–Trinajstić information content (AvgIpc) is 2.82. The lowest BCUT2D eigenvalue weighted by Gasteiger charge is -2.39. The third-order valence-corrected chi connectivity index (χ3v) is 8.73. The second-order valence-corrected chi connectivity index (χ2v) is 11.6. The molecular formula is C25H23Cl3N4O3S. The number of benzene rings is 2. The largest absolute Gasteiger partial charge is 0.385 e. The molecule has 2 N–H and O–H groups in total. The first-order chi connectivity index (χ1) is 16.9. The molecule has 0 atom stereocenters. The highest BCUT2D eigenvalue weighted by atomic mass is 35.5. The van der Waals surface area contributed by atoms with Crippen molar-refractivity contribution in [2.45, 2.75) is 37.2 Å². The zero-order valence-electron chi connectivity index (χ0n) is 19.5. The first kappa shape index (κ1) is 26.5. The van der Waals surface area contributed by atoms with E-state index in [1.807, 2.05) is 17.0 Å². The molecule has 7 nitrogen and oxygen atoms in total. The minimum atomic E-state index is -4.06. The van der Waals surface area contributed by atoms with Crippen molar-refractivity contribution in [1.82, 2.24) is 4.98 Å². The molecule has 1 saturated heterocycles.